The van der Waals surface area contributed by atoms with E-state index in [0.29, 0.717) is 23.0 Å². The Bertz CT molecular complexity index is 905. The zero-order valence-corrected chi connectivity index (χ0v) is 14.1. The second kappa shape index (κ2) is 6.76. The Morgan fingerprint density at radius 3 is 1.11 bits per heavy atom. The van der Waals surface area contributed by atoms with Crippen LogP contribution in [0.4, 0.5) is 0 Å². The molecule has 1 aliphatic rings. The van der Waals surface area contributed by atoms with E-state index in [-0.39, 0.29) is 24.0 Å². The third kappa shape index (κ3) is 3.46. The third-order valence-electron chi connectivity index (χ3n) is 3.50. The van der Waals surface area contributed by atoms with Gasteiger partial charge in [0.25, 0.3) is 0 Å². The van der Waals surface area contributed by atoms with Gasteiger partial charge in [-0.15, -0.1) is 9.97 Å². The van der Waals surface area contributed by atoms with Gasteiger partial charge in [-0.05, 0) is 24.3 Å². The Kier molecular flexibility index (Phi) is 3.83. The Morgan fingerprint density at radius 1 is 0.464 bits per heavy atom. The molecule has 5 rings (SSSR count). The number of benzene rings is 2. The predicted octanol–water partition coefficient (Wildman–Crippen LogP) is 3.54. The van der Waals surface area contributed by atoms with Crippen LogP contribution in [0, 0.1) is 0 Å². The SMILES string of the molecule is c1cc2cc(c1)Oc1ncnc(n1)Oc1cccc(c1)Oc1ncnc(n1)O2. The summed E-state index contributed by atoms with van der Waals surface area (Å²) in [5, 5.41) is 0. The zero-order chi connectivity index (χ0) is 18.8. The van der Waals surface area contributed by atoms with Gasteiger partial charge in [-0.1, -0.05) is 12.1 Å². The van der Waals surface area contributed by atoms with Gasteiger partial charge in [0.1, 0.15) is 35.7 Å². The Balaban J connectivity index is 1.60. The maximum Gasteiger partial charge on any atom is 0.328 e. The summed E-state index contributed by atoms with van der Waals surface area (Å²) in [5.41, 5.74) is 0. The second-order valence-corrected chi connectivity index (χ2v) is 5.46. The molecule has 8 bridgehead atoms. The minimum atomic E-state index is 0.0732. The number of rotatable bonds is 0. The molecule has 0 atom stereocenters. The largest absolute Gasteiger partial charge is 0.424 e. The van der Waals surface area contributed by atoms with Gasteiger partial charge in [-0.2, -0.15) is 19.9 Å². The second-order valence-electron chi connectivity index (χ2n) is 5.46. The lowest BCUT2D eigenvalue weighted by atomic mass is 10.3. The van der Waals surface area contributed by atoms with Crippen LogP contribution in [0.25, 0.3) is 0 Å². The van der Waals surface area contributed by atoms with Crippen LogP contribution < -0.4 is 18.9 Å². The van der Waals surface area contributed by atoms with Crippen LogP contribution in [0.3, 0.4) is 0 Å². The van der Waals surface area contributed by atoms with Gasteiger partial charge in [0, 0.05) is 12.1 Å². The summed E-state index contributed by atoms with van der Waals surface area (Å²) < 4.78 is 22.7. The Hall–Kier alpha value is -4.34. The van der Waals surface area contributed by atoms with Crippen molar-refractivity contribution in [1.29, 1.82) is 0 Å². The summed E-state index contributed by atoms with van der Waals surface area (Å²) in [6.45, 7) is 0. The highest BCUT2D eigenvalue weighted by atomic mass is 16.5. The molecule has 0 unspecified atom stereocenters. The molecule has 10 nitrogen and oxygen atoms in total. The fourth-order valence-electron chi connectivity index (χ4n) is 2.36. The van der Waals surface area contributed by atoms with Crippen molar-refractivity contribution in [2.45, 2.75) is 0 Å². The van der Waals surface area contributed by atoms with E-state index in [2.05, 4.69) is 29.9 Å². The molecule has 0 saturated heterocycles. The molecule has 0 saturated carbocycles. The zero-order valence-electron chi connectivity index (χ0n) is 14.1. The first-order valence-electron chi connectivity index (χ1n) is 8.10. The minimum Gasteiger partial charge on any atom is -0.424 e. The first-order valence-corrected chi connectivity index (χ1v) is 8.10. The van der Waals surface area contributed by atoms with E-state index >= 15 is 0 Å². The van der Waals surface area contributed by atoms with E-state index in [1.54, 1.807) is 48.5 Å². The van der Waals surface area contributed by atoms with Crippen molar-refractivity contribution < 1.29 is 18.9 Å². The average Bonchev–Trinajstić information content (AvgIpc) is 2.69. The molecule has 2 aromatic heterocycles. The third-order valence-corrected chi connectivity index (χ3v) is 3.50. The van der Waals surface area contributed by atoms with Crippen LogP contribution in [0.1, 0.15) is 0 Å². The maximum absolute atomic E-state index is 5.67. The van der Waals surface area contributed by atoms with Crippen LogP contribution in [-0.4, -0.2) is 29.9 Å². The Morgan fingerprint density at radius 2 is 0.786 bits per heavy atom. The summed E-state index contributed by atoms with van der Waals surface area (Å²) >= 11 is 0. The van der Waals surface area contributed by atoms with Gasteiger partial charge in [0.05, 0.1) is 0 Å². The maximum atomic E-state index is 5.67. The molecule has 0 amide bonds. The minimum absolute atomic E-state index is 0.0732. The summed E-state index contributed by atoms with van der Waals surface area (Å²) in [6.07, 6.45) is 2.59. The van der Waals surface area contributed by atoms with Crippen LogP contribution in [0.2, 0.25) is 0 Å². The fraction of sp³-hybridized carbons (Fsp3) is 0. The van der Waals surface area contributed by atoms with E-state index in [1.807, 2.05) is 0 Å². The molecule has 4 aromatic rings. The van der Waals surface area contributed by atoms with Gasteiger partial charge in [-0.3, -0.25) is 0 Å². The van der Waals surface area contributed by atoms with Gasteiger partial charge >= 0.3 is 24.0 Å². The number of hydrogen-bond acceptors (Lipinski definition) is 10. The van der Waals surface area contributed by atoms with E-state index < -0.39 is 0 Å². The quantitative estimate of drug-likeness (QED) is 0.398. The van der Waals surface area contributed by atoms with Crippen LogP contribution >= 0.6 is 0 Å². The first kappa shape index (κ1) is 15.9. The molecule has 0 N–H and O–H groups in total. The van der Waals surface area contributed by atoms with Crippen molar-refractivity contribution in [2.24, 2.45) is 0 Å². The summed E-state index contributed by atoms with van der Waals surface area (Å²) in [7, 11) is 0. The normalized spacial score (nSPS) is 12.0. The van der Waals surface area contributed by atoms with Gasteiger partial charge < -0.3 is 18.9 Å². The molecule has 28 heavy (non-hydrogen) atoms. The summed E-state index contributed by atoms with van der Waals surface area (Å²) in [5.74, 6) is 1.81. The van der Waals surface area contributed by atoms with Gasteiger partial charge in [0.15, 0.2) is 0 Å². The lowest BCUT2D eigenvalue weighted by Crippen LogP contribution is -1.99. The van der Waals surface area contributed by atoms with Crippen LogP contribution in [-0.2, 0) is 0 Å². The number of nitrogens with zero attached hydrogens (tertiary/aromatic N) is 6. The fourth-order valence-corrected chi connectivity index (χ4v) is 2.36. The predicted molar refractivity (Wildman–Crippen MR) is 92.8 cm³/mol. The van der Waals surface area contributed by atoms with Crippen molar-refractivity contribution in [3.05, 3.63) is 61.2 Å². The number of ether oxygens (including phenoxy) is 4. The van der Waals surface area contributed by atoms with Crippen molar-refractivity contribution in [3.63, 3.8) is 0 Å². The number of fused-ring (bicyclic) bond motifs is 8. The van der Waals surface area contributed by atoms with E-state index in [0.717, 1.165) is 0 Å². The molecule has 1 aliphatic heterocycles. The van der Waals surface area contributed by atoms with E-state index in [4.69, 9.17) is 18.9 Å². The monoisotopic (exact) mass is 374 g/mol. The first-order chi connectivity index (χ1) is 13.8. The molecule has 0 fully saturated rings. The molecule has 136 valence electrons. The standard InChI is InChI=1S/C18H10N6O4/c1-3-11-7-12(4-1)26-16-20-10-22-18(24-16)28-14-6-2-5-13(8-14)27-17-21-9-19-15(23-17)25-11/h1-10H. The number of aromatic nitrogens is 6. The lowest BCUT2D eigenvalue weighted by Gasteiger charge is -2.10. The lowest BCUT2D eigenvalue weighted by molar-refractivity contribution is 0.380. The van der Waals surface area contributed by atoms with E-state index in [1.165, 1.54) is 12.7 Å². The van der Waals surface area contributed by atoms with Crippen molar-refractivity contribution >= 4 is 0 Å². The van der Waals surface area contributed by atoms with Gasteiger partial charge in [-0.25, -0.2) is 0 Å². The smallest absolute Gasteiger partial charge is 0.328 e. The molecule has 3 heterocycles. The van der Waals surface area contributed by atoms with E-state index in [9.17, 15) is 0 Å². The number of hydrogen-bond donors (Lipinski definition) is 0. The van der Waals surface area contributed by atoms with Crippen molar-refractivity contribution in [3.8, 4) is 47.0 Å². The molecular weight excluding hydrogens is 364 g/mol. The molecular formula is C18H10N6O4. The molecule has 0 spiro atoms. The summed E-state index contributed by atoms with van der Waals surface area (Å²) in [4.78, 5) is 24.3. The highest BCUT2D eigenvalue weighted by Gasteiger charge is 2.11. The van der Waals surface area contributed by atoms with Gasteiger partial charge in [0.2, 0.25) is 0 Å². The van der Waals surface area contributed by atoms with Crippen LogP contribution in [0.15, 0.2) is 61.2 Å². The van der Waals surface area contributed by atoms with Crippen LogP contribution in [0.5, 0.6) is 47.0 Å². The molecule has 0 aliphatic carbocycles. The molecule has 2 aromatic carbocycles. The van der Waals surface area contributed by atoms with Crippen molar-refractivity contribution in [2.75, 3.05) is 0 Å². The highest BCUT2D eigenvalue weighted by Crippen LogP contribution is 2.29. The molecule has 0 radical (unpaired) electrons. The van der Waals surface area contributed by atoms with Crippen molar-refractivity contribution in [1.82, 2.24) is 29.9 Å². The highest BCUT2D eigenvalue weighted by molar-refractivity contribution is 5.37. The summed E-state index contributed by atoms with van der Waals surface area (Å²) in [6, 6.07) is 14.0. The Labute approximate surface area is 157 Å². The average molecular weight is 374 g/mol. The topological polar surface area (TPSA) is 114 Å². The molecule has 10 heteroatoms.